The van der Waals surface area contributed by atoms with Crippen LogP contribution >= 0.6 is 0 Å². The molecular weight excluding hydrogens is 218 g/mol. The summed E-state index contributed by atoms with van der Waals surface area (Å²) in [5.74, 6) is 0.492. The third kappa shape index (κ3) is 2.60. The number of hydrogen-bond acceptors (Lipinski definition) is 4. The first-order valence-corrected chi connectivity index (χ1v) is 5.19. The molecule has 3 N–H and O–H groups in total. The Labute approximate surface area is 98.4 Å². The van der Waals surface area contributed by atoms with Gasteiger partial charge in [-0.3, -0.25) is 4.98 Å². The van der Waals surface area contributed by atoms with Crippen LogP contribution < -0.4 is 5.73 Å². The zero-order chi connectivity index (χ0) is 12.1. The molecule has 0 aliphatic rings. The second-order valence-electron chi connectivity index (χ2n) is 3.53. The van der Waals surface area contributed by atoms with Crippen molar-refractivity contribution in [2.75, 3.05) is 0 Å². The van der Waals surface area contributed by atoms with Crippen molar-refractivity contribution < 1.29 is 5.21 Å². The second kappa shape index (κ2) is 5.11. The second-order valence-corrected chi connectivity index (χ2v) is 3.53. The van der Waals surface area contributed by atoms with Gasteiger partial charge in [-0.25, -0.2) is 4.98 Å². The molecule has 88 valence electrons. The molecule has 2 aromatic rings. The smallest absolute Gasteiger partial charge is 0.206 e. The fourth-order valence-corrected chi connectivity index (χ4v) is 1.57. The van der Waals surface area contributed by atoms with E-state index in [9.17, 15) is 0 Å². The van der Waals surface area contributed by atoms with Gasteiger partial charge in [0.05, 0.1) is 0 Å². The van der Waals surface area contributed by atoms with E-state index in [1.807, 2.05) is 16.7 Å². The molecule has 6 heteroatoms. The van der Waals surface area contributed by atoms with Gasteiger partial charge in [-0.1, -0.05) is 5.16 Å². The lowest BCUT2D eigenvalue weighted by Crippen LogP contribution is -2.20. The van der Waals surface area contributed by atoms with E-state index in [0.717, 1.165) is 13.0 Å². The SMILES string of the molecule is NC(=NO)c1nccn1CCc1ccncc1. The summed E-state index contributed by atoms with van der Waals surface area (Å²) in [6.45, 7) is 0.718. The molecule has 2 heterocycles. The van der Waals surface area contributed by atoms with Gasteiger partial charge in [0.15, 0.2) is 5.82 Å². The topological polar surface area (TPSA) is 89.3 Å². The molecule has 0 aromatic carbocycles. The van der Waals surface area contributed by atoms with Crippen LogP contribution in [0.5, 0.6) is 0 Å². The summed E-state index contributed by atoms with van der Waals surface area (Å²) in [4.78, 5) is 7.99. The Kier molecular flexibility index (Phi) is 3.34. The molecule has 0 fully saturated rings. The zero-order valence-corrected chi connectivity index (χ0v) is 9.19. The van der Waals surface area contributed by atoms with Crippen molar-refractivity contribution >= 4 is 5.84 Å². The molecular formula is C11H13N5O. The van der Waals surface area contributed by atoms with E-state index in [-0.39, 0.29) is 5.84 Å². The van der Waals surface area contributed by atoms with Gasteiger partial charge in [-0.2, -0.15) is 0 Å². The van der Waals surface area contributed by atoms with Crippen molar-refractivity contribution in [3.63, 3.8) is 0 Å². The Bertz CT molecular complexity index is 506. The first kappa shape index (κ1) is 11.1. The van der Waals surface area contributed by atoms with Crippen LogP contribution in [0.15, 0.2) is 42.1 Å². The van der Waals surface area contributed by atoms with E-state index in [1.54, 1.807) is 24.8 Å². The fourth-order valence-electron chi connectivity index (χ4n) is 1.57. The first-order valence-electron chi connectivity index (χ1n) is 5.19. The number of aryl methyl sites for hydroxylation is 2. The number of nitrogens with zero attached hydrogens (tertiary/aromatic N) is 4. The minimum Gasteiger partial charge on any atom is -0.409 e. The number of pyridine rings is 1. The van der Waals surface area contributed by atoms with Crippen molar-refractivity contribution in [2.45, 2.75) is 13.0 Å². The lowest BCUT2D eigenvalue weighted by Gasteiger charge is -2.06. The molecule has 0 aliphatic carbocycles. The molecule has 0 atom stereocenters. The van der Waals surface area contributed by atoms with Crippen molar-refractivity contribution in [1.82, 2.24) is 14.5 Å². The summed E-state index contributed by atoms with van der Waals surface area (Å²) in [6, 6.07) is 3.92. The molecule has 0 aliphatic heterocycles. The number of hydrogen-bond donors (Lipinski definition) is 2. The third-order valence-electron chi connectivity index (χ3n) is 2.44. The normalized spacial score (nSPS) is 11.6. The average Bonchev–Trinajstić information content (AvgIpc) is 2.85. The predicted octanol–water partition coefficient (Wildman–Crippen LogP) is 0.615. The molecule has 2 rings (SSSR count). The van der Waals surface area contributed by atoms with E-state index >= 15 is 0 Å². The first-order chi connectivity index (χ1) is 8.31. The highest BCUT2D eigenvalue weighted by Crippen LogP contribution is 2.03. The Morgan fingerprint density at radius 1 is 1.35 bits per heavy atom. The molecule has 17 heavy (non-hydrogen) atoms. The van der Waals surface area contributed by atoms with Gasteiger partial charge in [0.1, 0.15) is 0 Å². The monoisotopic (exact) mass is 231 g/mol. The van der Waals surface area contributed by atoms with Crippen molar-refractivity contribution in [3.8, 4) is 0 Å². The van der Waals surface area contributed by atoms with Gasteiger partial charge in [-0.05, 0) is 24.1 Å². The molecule has 0 bridgehead atoms. The predicted molar refractivity (Wildman–Crippen MR) is 62.7 cm³/mol. The van der Waals surface area contributed by atoms with E-state index in [2.05, 4.69) is 15.1 Å². The summed E-state index contributed by atoms with van der Waals surface area (Å²) in [7, 11) is 0. The van der Waals surface area contributed by atoms with Crippen molar-refractivity contribution in [3.05, 3.63) is 48.3 Å². The van der Waals surface area contributed by atoms with E-state index in [0.29, 0.717) is 5.82 Å². The Morgan fingerprint density at radius 2 is 2.12 bits per heavy atom. The van der Waals surface area contributed by atoms with Crippen LogP contribution in [-0.4, -0.2) is 25.6 Å². The number of rotatable bonds is 4. The minimum atomic E-state index is 0.0183. The van der Waals surface area contributed by atoms with Gasteiger partial charge in [-0.15, -0.1) is 0 Å². The maximum absolute atomic E-state index is 8.62. The average molecular weight is 231 g/mol. The van der Waals surface area contributed by atoms with Gasteiger partial charge in [0, 0.05) is 31.3 Å². The molecule has 0 amide bonds. The van der Waals surface area contributed by atoms with Crippen LogP contribution in [-0.2, 0) is 13.0 Å². The number of imidazole rings is 1. The summed E-state index contributed by atoms with van der Waals surface area (Å²) < 4.78 is 1.84. The van der Waals surface area contributed by atoms with E-state index in [4.69, 9.17) is 10.9 Å². The number of aromatic nitrogens is 3. The Balaban J connectivity index is 2.07. The fraction of sp³-hybridized carbons (Fsp3) is 0.182. The molecule has 0 spiro atoms. The Morgan fingerprint density at radius 3 is 2.82 bits per heavy atom. The minimum absolute atomic E-state index is 0.0183. The van der Waals surface area contributed by atoms with Gasteiger partial charge in [0.2, 0.25) is 5.84 Å². The van der Waals surface area contributed by atoms with Gasteiger partial charge in [0.25, 0.3) is 0 Å². The summed E-state index contributed by atoms with van der Waals surface area (Å²) >= 11 is 0. The maximum atomic E-state index is 8.62. The van der Waals surface area contributed by atoms with Gasteiger partial charge >= 0.3 is 0 Å². The Hall–Kier alpha value is -2.37. The molecule has 0 saturated carbocycles. The van der Waals surface area contributed by atoms with Crippen LogP contribution in [0.3, 0.4) is 0 Å². The molecule has 6 nitrogen and oxygen atoms in total. The highest BCUT2D eigenvalue weighted by molar-refractivity contribution is 5.93. The van der Waals surface area contributed by atoms with Crippen LogP contribution in [0.1, 0.15) is 11.4 Å². The maximum Gasteiger partial charge on any atom is 0.206 e. The zero-order valence-electron chi connectivity index (χ0n) is 9.19. The highest BCUT2D eigenvalue weighted by Gasteiger charge is 2.07. The van der Waals surface area contributed by atoms with E-state index in [1.165, 1.54) is 5.56 Å². The molecule has 0 radical (unpaired) electrons. The quantitative estimate of drug-likeness (QED) is 0.349. The summed E-state index contributed by atoms with van der Waals surface area (Å²) in [5, 5.41) is 11.6. The lowest BCUT2D eigenvalue weighted by atomic mass is 10.2. The number of oxime groups is 1. The van der Waals surface area contributed by atoms with Crippen LogP contribution in [0.4, 0.5) is 0 Å². The molecule has 2 aromatic heterocycles. The van der Waals surface area contributed by atoms with Gasteiger partial charge < -0.3 is 15.5 Å². The number of amidine groups is 1. The lowest BCUT2D eigenvalue weighted by molar-refractivity contribution is 0.318. The highest BCUT2D eigenvalue weighted by atomic mass is 16.4. The summed E-state index contributed by atoms with van der Waals surface area (Å²) in [5.41, 5.74) is 6.69. The number of nitrogens with two attached hydrogens (primary N) is 1. The molecule has 0 saturated heterocycles. The van der Waals surface area contributed by atoms with Crippen LogP contribution in [0.25, 0.3) is 0 Å². The van der Waals surface area contributed by atoms with Crippen molar-refractivity contribution in [1.29, 1.82) is 0 Å². The summed E-state index contributed by atoms with van der Waals surface area (Å²) in [6.07, 6.45) is 7.78. The van der Waals surface area contributed by atoms with Crippen LogP contribution in [0, 0.1) is 0 Å². The van der Waals surface area contributed by atoms with Crippen LogP contribution in [0.2, 0.25) is 0 Å². The molecule has 0 unspecified atom stereocenters. The van der Waals surface area contributed by atoms with Crippen molar-refractivity contribution in [2.24, 2.45) is 10.9 Å². The van der Waals surface area contributed by atoms with E-state index < -0.39 is 0 Å². The largest absolute Gasteiger partial charge is 0.409 e. The third-order valence-corrected chi connectivity index (χ3v) is 2.44. The standard InChI is InChI=1S/C11H13N5O/c12-10(15-17)11-14-6-8-16(11)7-3-9-1-4-13-5-2-9/h1-2,4-6,8,17H,3,7H2,(H2,12,15).